The Bertz CT molecular complexity index is 178. The lowest BCUT2D eigenvalue weighted by molar-refractivity contribution is 0.0260. The first-order chi connectivity index (χ1) is 6.79. The van der Waals surface area contributed by atoms with Crippen LogP contribution in [0, 0.1) is 0 Å². The van der Waals surface area contributed by atoms with Gasteiger partial charge in [0.25, 0.3) is 0 Å². The molecule has 0 spiro atoms. The Morgan fingerprint density at radius 2 is 1.86 bits per heavy atom. The third kappa shape index (κ3) is 2.27. The molecule has 2 rings (SSSR count). The summed E-state index contributed by atoms with van der Waals surface area (Å²) in [5.41, 5.74) is 0. The Morgan fingerprint density at radius 1 is 1.14 bits per heavy atom. The van der Waals surface area contributed by atoms with E-state index >= 15 is 0 Å². The van der Waals surface area contributed by atoms with Crippen molar-refractivity contribution in [3.8, 4) is 0 Å². The van der Waals surface area contributed by atoms with Crippen LogP contribution in [-0.2, 0) is 4.74 Å². The van der Waals surface area contributed by atoms with Gasteiger partial charge in [-0.05, 0) is 32.1 Å². The number of rotatable bonds is 2. The van der Waals surface area contributed by atoms with E-state index in [1.807, 2.05) is 0 Å². The monoisotopic (exact) mass is 199 g/mol. The van der Waals surface area contributed by atoms with Crippen LogP contribution in [0.15, 0.2) is 0 Å². The summed E-state index contributed by atoms with van der Waals surface area (Å²) >= 11 is 0. The zero-order valence-corrected chi connectivity index (χ0v) is 8.98. The quantitative estimate of drug-likeness (QED) is 0.720. The first-order valence-corrected chi connectivity index (χ1v) is 5.74. The second-order valence-electron chi connectivity index (χ2n) is 4.59. The predicted molar refractivity (Wildman–Crippen MR) is 55.2 cm³/mol. The zero-order chi connectivity index (χ0) is 9.97. The lowest BCUT2D eigenvalue weighted by Gasteiger charge is -2.35. The maximum Gasteiger partial charge on any atom is 0.0595 e. The van der Waals surface area contributed by atoms with E-state index in [9.17, 15) is 5.11 Å². The Labute approximate surface area is 86.0 Å². The van der Waals surface area contributed by atoms with Gasteiger partial charge in [0.05, 0.1) is 12.2 Å². The van der Waals surface area contributed by atoms with Crippen LogP contribution < -0.4 is 0 Å². The second-order valence-corrected chi connectivity index (χ2v) is 4.59. The van der Waals surface area contributed by atoms with E-state index in [1.165, 1.54) is 6.42 Å². The molecule has 2 atom stereocenters. The van der Waals surface area contributed by atoms with Crippen LogP contribution in [0.25, 0.3) is 0 Å². The number of ether oxygens (including phenoxy) is 1. The van der Waals surface area contributed by atoms with E-state index in [2.05, 4.69) is 4.90 Å². The van der Waals surface area contributed by atoms with Gasteiger partial charge < -0.3 is 14.7 Å². The number of aliphatic hydroxyl groups excluding tert-OH is 1. The average molecular weight is 199 g/mol. The Hall–Kier alpha value is -0.120. The summed E-state index contributed by atoms with van der Waals surface area (Å²) < 4.78 is 5.35. The number of aliphatic hydroxyl groups is 1. The lowest BCUT2D eigenvalue weighted by Crippen LogP contribution is -2.42. The standard InChI is InChI=1S/C11H21NO2/c1-14-11-4-6-12(7-5-11)9-2-3-10(13)8-9/h9-11,13H,2-8H2,1H3. The van der Waals surface area contributed by atoms with Gasteiger partial charge in [0.1, 0.15) is 0 Å². The first kappa shape index (κ1) is 10.4. The first-order valence-electron chi connectivity index (χ1n) is 5.74. The molecule has 1 aliphatic heterocycles. The minimum absolute atomic E-state index is 0.0415. The van der Waals surface area contributed by atoms with E-state index in [0.717, 1.165) is 38.8 Å². The van der Waals surface area contributed by atoms with Crippen LogP contribution in [0.3, 0.4) is 0 Å². The summed E-state index contributed by atoms with van der Waals surface area (Å²) in [5, 5.41) is 9.48. The topological polar surface area (TPSA) is 32.7 Å². The molecule has 82 valence electrons. The lowest BCUT2D eigenvalue weighted by atomic mass is 10.0. The SMILES string of the molecule is COC1CCN(C2CCC(O)C2)CC1. The second kappa shape index (κ2) is 4.60. The van der Waals surface area contributed by atoms with Gasteiger partial charge in [-0.1, -0.05) is 0 Å². The summed E-state index contributed by atoms with van der Waals surface area (Å²) in [7, 11) is 1.81. The normalized spacial score (nSPS) is 36.4. The molecule has 0 aromatic heterocycles. The van der Waals surface area contributed by atoms with E-state index in [4.69, 9.17) is 4.74 Å². The maximum atomic E-state index is 9.48. The van der Waals surface area contributed by atoms with Crippen molar-refractivity contribution in [2.24, 2.45) is 0 Å². The number of piperidine rings is 1. The number of hydrogen-bond acceptors (Lipinski definition) is 3. The average Bonchev–Trinajstić information content (AvgIpc) is 2.65. The maximum absolute atomic E-state index is 9.48. The van der Waals surface area contributed by atoms with Crippen molar-refractivity contribution in [2.45, 2.75) is 50.4 Å². The van der Waals surface area contributed by atoms with Gasteiger partial charge in [-0.25, -0.2) is 0 Å². The van der Waals surface area contributed by atoms with Crippen molar-refractivity contribution in [2.75, 3.05) is 20.2 Å². The van der Waals surface area contributed by atoms with Gasteiger partial charge in [0.2, 0.25) is 0 Å². The molecule has 1 N–H and O–H groups in total. The molecule has 0 aromatic carbocycles. The molecule has 2 unspecified atom stereocenters. The molecular formula is C11H21NO2. The van der Waals surface area contributed by atoms with Gasteiger partial charge in [-0.3, -0.25) is 0 Å². The molecule has 14 heavy (non-hydrogen) atoms. The molecule has 1 saturated heterocycles. The van der Waals surface area contributed by atoms with Crippen LogP contribution in [-0.4, -0.2) is 48.5 Å². The summed E-state index contributed by atoms with van der Waals surface area (Å²) in [6, 6.07) is 0.641. The molecular weight excluding hydrogens is 178 g/mol. The van der Waals surface area contributed by atoms with Crippen LogP contribution in [0.4, 0.5) is 0 Å². The van der Waals surface area contributed by atoms with Crippen LogP contribution in [0.2, 0.25) is 0 Å². The highest BCUT2D eigenvalue weighted by atomic mass is 16.5. The van der Waals surface area contributed by atoms with Gasteiger partial charge in [-0.2, -0.15) is 0 Å². The fourth-order valence-electron chi connectivity index (χ4n) is 2.74. The number of nitrogens with zero attached hydrogens (tertiary/aromatic N) is 1. The predicted octanol–water partition coefficient (Wildman–Crippen LogP) is 1.01. The molecule has 0 amide bonds. The Balaban J connectivity index is 1.78. The van der Waals surface area contributed by atoms with Gasteiger partial charge >= 0.3 is 0 Å². The molecule has 1 saturated carbocycles. The largest absolute Gasteiger partial charge is 0.393 e. The van der Waals surface area contributed by atoms with Crippen molar-refractivity contribution in [1.82, 2.24) is 4.90 Å². The fraction of sp³-hybridized carbons (Fsp3) is 1.00. The number of methoxy groups -OCH3 is 1. The van der Waals surface area contributed by atoms with Crippen LogP contribution >= 0.6 is 0 Å². The summed E-state index contributed by atoms with van der Waals surface area (Å²) in [5.74, 6) is 0. The van der Waals surface area contributed by atoms with Crippen molar-refractivity contribution in [1.29, 1.82) is 0 Å². The molecule has 1 aliphatic carbocycles. The summed E-state index contributed by atoms with van der Waals surface area (Å²) in [6.07, 6.45) is 5.90. The minimum Gasteiger partial charge on any atom is -0.393 e. The van der Waals surface area contributed by atoms with Crippen molar-refractivity contribution in [3.05, 3.63) is 0 Å². The van der Waals surface area contributed by atoms with E-state index in [1.54, 1.807) is 7.11 Å². The molecule has 2 fully saturated rings. The van der Waals surface area contributed by atoms with E-state index in [-0.39, 0.29) is 6.10 Å². The molecule has 3 heteroatoms. The minimum atomic E-state index is -0.0415. The zero-order valence-electron chi connectivity index (χ0n) is 8.98. The van der Waals surface area contributed by atoms with Crippen LogP contribution in [0.1, 0.15) is 32.1 Å². The highest BCUT2D eigenvalue weighted by Gasteiger charge is 2.30. The highest BCUT2D eigenvalue weighted by molar-refractivity contribution is 4.85. The molecule has 0 radical (unpaired) electrons. The third-order valence-corrected chi connectivity index (χ3v) is 3.70. The molecule has 0 aromatic rings. The van der Waals surface area contributed by atoms with Gasteiger partial charge in [0, 0.05) is 26.2 Å². The fourth-order valence-corrected chi connectivity index (χ4v) is 2.74. The molecule has 2 aliphatic rings. The van der Waals surface area contributed by atoms with Gasteiger partial charge in [0.15, 0.2) is 0 Å². The van der Waals surface area contributed by atoms with Crippen molar-refractivity contribution < 1.29 is 9.84 Å². The van der Waals surface area contributed by atoms with Crippen LogP contribution in [0.5, 0.6) is 0 Å². The highest BCUT2D eigenvalue weighted by Crippen LogP contribution is 2.26. The van der Waals surface area contributed by atoms with Crippen molar-refractivity contribution in [3.63, 3.8) is 0 Å². The van der Waals surface area contributed by atoms with E-state index < -0.39 is 0 Å². The molecule has 3 nitrogen and oxygen atoms in total. The van der Waals surface area contributed by atoms with Gasteiger partial charge in [-0.15, -0.1) is 0 Å². The Morgan fingerprint density at radius 3 is 2.36 bits per heavy atom. The van der Waals surface area contributed by atoms with Crippen molar-refractivity contribution >= 4 is 0 Å². The number of likely N-dealkylation sites (tertiary alicyclic amines) is 1. The molecule has 1 heterocycles. The molecule has 0 bridgehead atoms. The Kier molecular flexibility index (Phi) is 3.42. The summed E-state index contributed by atoms with van der Waals surface area (Å²) in [4.78, 5) is 2.53. The number of hydrogen-bond donors (Lipinski definition) is 1. The smallest absolute Gasteiger partial charge is 0.0595 e. The summed E-state index contributed by atoms with van der Waals surface area (Å²) in [6.45, 7) is 2.30. The van der Waals surface area contributed by atoms with E-state index in [0.29, 0.717) is 12.1 Å². The third-order valence-electron chi connectivity index (χ3n) is 3.70.